The molecule has 1 aromatic heterocycles. The topological polar surface area (TPSA) is 75.6 Å². The first kappa shape index (κ1) is 30.6. The predicted octanol–water partition coefficient (Wildman–Crippen LogP) is 5.75. The van der Waals surface area contributed by atoms with Crippen LogP contribution in [0.25, 0.3) is 10.9 Å². The van der Waals surface area contributed by atoms with Gasteiger partial charge in [0.1, 0.15) is 12.3 Å². The smallest absolute Gasteiger partial charge is 0.406 e. The van der Waals surface area contributed by atoms with Crippen LogP contribution < -0.4 is 15.4 Å². The van der Waals surface area contributed by atoms with E-state index in [9.17, 15) is 21.6 Å². The highest BCUT2D eigenvalue weighted by atomic mass is 32.2. The number of nitrogens with one attached hydrogen (secondary N) is 2. The van der Waals surface area contributed by atoms with E-state index in [1.54, 1.807) is 31.2 Å². The van der Waals surface area contributed by atoms with Crippen LogP contribution in [0, 0.1) is 11.8 Å². The van der Waals surface area contributed by atoms with Gasteiger partial charge in [-0.1, -0.05) is 18.9 Å². The van der Waals surface area contributed by atoms with Crippen LogP contribution in [0.15, 0.2) is 47.4 Å². The Morgan fingerprint density at radius 1 is 1.07 bits per heavy atom. The molecule has 1 heterocycles. The lowest BCUT2D eigenvalue weighted by atomic mass is 9.90. The number of methoxy groups -OCH3 is 1. The van der Waals surface area contributed by atoms with Gasteiger partial charge in [0.2, 0.25) is 0 Å². The monoisotopic (exact) mass is 590 g/mol. The minimum Gasteiger partial charge on any atom is -0.495 e. The molecule has 0 atom stereocenters. The maximum atomic E-state index is 13.6. The van der Waals surface area contributed by atoms with Crippen molar-refractivity contribution >= 4 is 32.1 Å². The molecular formula is C30H37F3N4O3S. The van der Waals surface area contributed by atoms with Crippen molar-refractivity contribution in [2.24, 2.45) is 0 Å². The molecule has 222 valence electrons. The van der Waals surface area contributed by atoms with Gasteiger partial charge in [-0.3, -0.25) is 0 Å². The Kier molecular flexibility index (Phi) is 9.44. The molecular weight excluding hydrogens is 553 g/mol. The van der Waals surface area contributed by atoms with Gasteiger partial charge in [-0.2, -0.15) is 13.2 Å². The highest BCUT2D eigenvalue weighted by Gasteiger charge is 2.30. The lowest BCUT2D eigenvalue weighted by Gasteiger charge is -2.33. The molecule has 3 aromatic rings. The lowest BCUT2D eigenvalue weighted by molar-refractivity contribution is -0.140. The third kappa shape index (κ3) is 7.49. The first-order valence-corrected chi connectivity index (χ1v) is 15.3. The van der Waals surface area contributed by atoms with Crippen LogP contribution in [0.5, 0.6) is 5.75 Å². The normalized spacial score (nSPS) is 17.8. The molecule has 0 aliphatic heterocycles. The van der Waals surface area contributed by atoms with E-state index in [1.807, 2.05) is 6.07 Å². The number of hydrogen-bond donors (Lipinski definition) is 2. The first-order valence-electron chi connectivity index (χ1n) is 13.7. The maximum absolute atomic E-state index is 13.6. The van der Waals surface area contributed by atoms with Crippen molar-refractivity contribution in [3.05, 3.63) is 48.2 Å². The van der Waals surface area contributed by atoms with Crippen LogP contribution in [-0.2, 0) is 16.4 Å². The molecule has 7 nitrogen and oxygen atoms in total. The SMILES string of the molecule is CCS(=O)(=O)c1ccc(NCC#Cc2cc3c(N[C@H]4CC[C@@H](N(C)C)CC4)cccc3n2CC(F)(F)F)c(OC)c1. The van der Waals surface area contributed by atoms with Crippen molar-refractivity contribution in [3.8, 4) is 17.6 Å². The van der Waals surface area contributed by atoms with E-state index in [0.717, 1.165) is 31.4 Å². The van der Waals surface area contributed by atoms with E-state index >= 15 is 0 Å². The van der Waals surface area contributed by atoms with Crippen molar-refractivity contribution in [3.63, 3.8) is 0 Å². The molecule has 1 aliphatic carbocycles. The van der Waals surface area contributed by atoms with Gasteiger partial charge in [0.15, 0.2) is 9.84 Å². The summed E-state index contributed by atoms with van der Waals surface area (Å²) in [5.74, 6) is 6.12. The van der Waals surface area contributed by atoms with Gasteiger partial charge in [0.05, 0.1) is 41.2 Å². The molecule has 2 N–H and O–H groups in total. The number of benzene rings is 2. The number of nitrogens with zero attached hydrogens (tertiary/aromatic N) is 2. The molecule has 1 aliphatic rings. The van der Waals surface area contributed by atoms with Crippen LogP contribution in [0.2, 0.25) is 0 Å². The third-order valence-electron chi connectivity index (χ3n) is 7.57. The van der Waals surface area contributed by atoms with Crippen molar-refractivity contribution in [1.29, 1.82) is 0 Å². The number of anilines is 2. The number of ether oxygens (including phenoxy) is 1. The van der Waals surface area contributed by atoms with Crippen molar-refractivity contribution < 1.29 is 26.3 Å². The number of halogens is 3. The Morgan fingerprint density at radius 3 is 2.44 bits per heavy atom. The van der Waals surface area contributed by atoms with Crippen molar-refractivity contribution in [2.75, 3.05) is 44.1 Å². The molecule has 4 rings (SSSR count). The summed E-state index contributed by atoms with van der Waals surface area (Å²) in [4.78, 5) is 2.40. The number of aromatic nitrogens is 1. The van der Waals surface area contributed by atoms with Crippen molar-refractivity contribution in [2.45, 2.75) is 62.3 Å². The minimum atomic E-state index is -4.41. The number of sulfone groups is 1. The summed E-state index contributed by atoms with van der Waals surface area (Å²) >= 11 is 0. The van der Waals surface area contributed by atoms with Gasteiger partial charge < -0.3 is 24.8 Å². The molecule has 0 radical (unpaired) electrons. The van der Waals surface area contributed by atoms with E-state index in [4.69, 9.17) is 4.74 Å². The van der Waals surface area contributed by atoms with Crippen LogP contribution in [0.1, 0.15) is 38.3 Å². The second-order valence-corrected chi connectivity index (χ2v) is 12.8. The largest absolute Gasteiger partial charge is 0.495 e. The van der Waals surface area contributed by atoms with Gasteiger partial charge in [0, 0.05) is 29.2 Å². The van der Waals surface area contributed by atoms with Crippen LogP contribution in [0.3, 0.4) is 0 Å². The summed E-state index contributed by atoms with van der Waals surface area (Å²) in [5.41, 5.74) is 2.08. The van der Waals surface area contributed by atoms with Crippen LogP contribution >= 0.6 is 0 Å². The van der Waals surface area contributed by atoms with Crippen molar-refractivity contribution in [1.82, 2.24) is 9.47 Å². The third-order valence-corrected chi connectivity index (χ3v) is 9.30. The van der Waals surface area contributed by atoms with Gasteiger partial charge >= 0.3 is 6.18 Å². The predicted molar refractivity (Wildman–Crippen MR) is 157 cm³/mol. The molecule has 0 saturated heterocycles. The molecule has 0 amide bonds. The van der Waals surface area contributed by atoms with Crippen LogP contribution in [0.4, 0.5) is 24.5 Å². The van der Waals surface area contributed by atoms with Crippen LogP contribution in [-0.4, -0.2) is 69.6 Å². The summed E-state index contributed by atoms with van der Waals surface area (Å²) < 4.78 is 71.7. The Balaban J connectivity index is 1.56. The molecule has 11 heteroatoms. The van der Waals surface area contributed by atoms with Gasteiger partial charge in [-0.25, -0.2) is 8.42 Å². The Morgan fingerprint density at radius 2 is 1.80 bits per heavy atom. The number of alkyl halides is 3. The second-order valence-electron chi connectivity index (χ2n) is 10.5. The summed E-state index contributed by atoms with van der Waals surface area (Å²) in [6.07, 6.45) is -0.281. The molecule has 1 fully saturated rings. The molecule has 0 spiro atoms. The zero-order chi connectivity index (χ0) is 29.8. The fourth-order valence-electron chi connectivity index (χ4n) is 5.27. The Hall–Kier alpha value is -3.36. The molecule has 0 unspecified atom stereocenters. The van der Waals surface area contributed by atoms with Gasteiger partial charge in [-0.05, 0) is 76.0 Å². The highest BCUT2D eigenvalue weighted by molar-refractivity contribution is 7.91. The average molecular weight is 591 g/mol. The van der Waals surface area contributed by atoms with E-state index in [-0.39, 0.29) is 28.9 Å². The van der Waals surface area contributed by atoms with E-state index in [2.05, 4.69) is 41.5 Å². The van der Waals surface area contributed by atoms with Gasteiger partial charge in [0.25, 0.3) is 0 Å². The fourth-order valence-corrected chi connectivity index (χ4v) is 6.17. The molecule has 0 bridgehead atoms. The standard InChI is InChI=1S/C30H37F3N4O3S/c1-5-41(38,39)24-15-16-27(29(19-24)40-4)34-17-7-8-23-18-25-26(35-21-11-13-22(14-12-21)36(2)3)9-6-10-28(25)37(23)20-30(31,32)33/h6,9-10,15-16,18-19,21-22,34-35H,5,11-14,17,20H2,1-4H3/t21-,22+. The average Bonchev–Trinajstić information content (AvgIpc) is 3.27. The van der Waals surface area contributed by atoms with Gasteiger partial charge in [-0.15, -0.1) is 0 Å². The zero-order valence-electron chi connectivity index (χ0n) is 23.8. The highest BCUT2D eigenvalue weighted by Crippen LogP contribution is 2.33. The summed E-state index contributed by atoms with van der Waals surface area (Å²) in [6.45, 7) is 0.535. The Bertz CT molecular complexity index is 1530. The summed E-state index contributed by atoms with van der Waals surface area (Å²) in [6, 6.07) is 12.4. The number of fused-ring (bicyclic) bond motifs is 1. The van der Waals surface area contributed by atoms with E-state index < -0.39 is 22.6 Å². The summed E-state index contributed by atoms with van der Waals surface area (Å²) in [5, 5.41) is 7.35. The van der Waals surface area contributed by atoms with E-state index in [1.165, 1.54) is 23.8 Å². The first-order chi connectivity index (χ1) is 19.4. The maximum Gasteiger partial charge on any atom is 0.406 e. The summed E-state index contributed by atoms with van der Waals surface area (Å²) in [7, 11) is 2.22. The molecule has 2 aromatic carbocycles. The number of hydrogen-bond acceptors (Lipinski definition) is 6. The van der Waals surface area contributed by atoms with E-state index in [0.29, 0.717) is 28.4 Å². The quantitative estimate of drug-likeness (QED) is 0.309. The lowest BCUT2D eigenvalue weighted by Crippen LogP contribution is -2.36. The second kappa shape index (κ2) is 12.7. The zero-order valence-corrected chi connectivity index (χ0v) is 24.6. The molecule has 41 heavy (non-hydrogen) atoms. The Labute approximate surface area is 240 Å². The number of rotatable bonds is 9. The fraction of sp³-hybridized carbons (Fsp3) is 0.467. The minimum absolute atomic E-state index is 0.0326. The molecule has 1 saturated carbocycles.